The number of hydrogen-bond acceptors (Lipinski definition) is 4. The van der Waals surface area contributed by atoms with Crippen molar-refractivity contribution in [1.29, 1.82) is 0 Å². The summed E-state index contributed by atoms with van der Waals surface area (Å²) in [6, 6.07) is 2.56. The van der Waals surface area contributed by atoms with Crippen molar-refractivity contribution in [1.82, 2.24) is 9.62 Å². The van der Waals surface area contributed by atoms with E-state index in [0.29, 0.717) is 6.54 Å². The number of halogens is 1. The summed E-state index contributed by atoms with van der Waals surface area (Å²) in [5, 5.41) is 0. The fourth-order valence-electron chi connectivity index (χ4n) is 2.12. The number of hydrogen-bond donors (Lipinski definition) is 2. The predicted molar refractivity (Wildman–Crippen MR) is 83.1 cm³/mol. The molecule has 0 radical (unpaired) electrons. The normalized spacial score (nSPS) is 12.0. The molecule has 0 saturated carbocycles. The lowest BCUT2D eigenvalue weighted by molar-refractivity contribution is 0.293. The first-order valence-corrected chi connectivity index (χ1v) is 8.57. The first-order chi connectivity index (χ1) is 9.81. The summed E-state index contributed by atoms with van der Waals surface area (Å²) in [6.45, 7) is 8.16. The standard InChI is InChI=1S/C14H24FN3O2S/c1-4-7-18(5-2)8-6-17-21(19,20)13-10-12(16)9-11(3)14(13)15/h9-10,17H,4-8,16H2,1-3H3. The first-order valence-electron chi connectivity index (χ1n) is 7.09. The Morgan fingerprint density at radius 2 is 1.95 bits per heavy atom. The molecular formula is C14H24FN3O2S. The van der Waals surface area contributed by atoms with Crippen LogP contribution in [0.3, 0.4) is 0 Å². The van der Waals surface area contributed by atoms with Gasteiger partial charge >= 0.3 is 0 Å². The number of likely N-dealkylation sites (N-methyl/N-ethyl adjacent to an activating group) is 1. The van der Waals surface area contributed by atoms with E-state index in [1.54, 1.807) is 0 Å². The molecule has 0 unspecified atom stereocenters. The molecule has 0 fully saturated rings. The van der Waals surface area contributed by atoms with Gasteiger partial charge in [-0.2, -0.15) is 0 Å². The molecule has 0 aromatic heterocycles. The fourth-order valence-corrected chi connectivity index (χ4v) is 3.32. The minimum absolute atomic E-state index is 0.219. The van der Waals surface area contributed by atoms with Crippen LogP contribution < -0.4 is 10.5 Å². The summed E-state index contributed by atoms with van der Waals surface area (Å²) in [7, 11) is -3.89. The van der Waals surface area contributed by atoms with Crippen molar-refractivity contribution in [3.8, 4) is 0 Å². The number of sulfonamides is 1. The molecule has 21 heavy (non-hydrogen) atoms. The molecule has 3 N–H and O–H groups in total. The van der Waals surface area contributed by atoms with Crippen LogP contribution in [0, 0.1) is 12.7 Å². The van der Waals surface area contributed by atoms with Gasteiger partial charge in [0.1, 0.15) is 10.7 Å². The molecule has 1 aromatic carbocycles. The topological polar surface area (TPSA) is 75.4 Å². The average molecular weight is 317 g/mol. The second kappa shape index (κ2) is 7.72. The van der Waals surface area contributed by atoms with E-state index in [2.05, 4.69) is 16.5 Å². The molecule has 0 aliphatic carbocycles. The summed E-state index contributed by atoms with van der Waals surface area (Å²) in [5.41, 5.74) is 6.05. The lowest BCUT2D eigenvalue weighted by Crippen LogP contribution is -2.35. The SMILES string of the molecule is CCCN(CC)CCNS(=O)(=O)c1cc(N)cc(C)c1F. The van der Waals surface area contributed by atoms with Crippen molar-refractivity contribution >= 4 is 15.7 Å². The highest BCUT2D eigenvalue weighted by Crippen LogP contribution is 2.21. The Morgan fingerprint density at radius 3 is 2.52 bits per heavy atom. The molecule has 0 saturated heterocycles. The number of nitrogens with zero attached hydrogens (tertiary/aromatic N) is 1. The zero-order valence-electron chi connectivity index (χ0n) is 12.8. The quantitative estimate of drug-likeness (QED) is 0.716. The average Bonchev–Trinajstić information content (AvgIpc) is 2.41. The van der Waals surface area contributed by atoms with Crippen LogP contribution in [-0.4, -0.2) is 39.5 Å². The monoisotopic (exact) mass is 317 g/mol. The maximum absolute atomic E-state index is 14.0. The molecule has 0 spiro atoms. The summed E-state index contributed by atoms with van der Waals surface area (Å²) in [4.78, 5) is 1.74. The fraction of sp³-hybridized carbons (Fsp3) is 0.571. The van der Waals surface area contributed by atoms with Crippen molar-refractivity contribution in [2.75, 3.05) is 31.9 Å². The molecule has 0 bridgehead atoms. The third kappa shape index (κ3) is 4.94. The predicted octanol–water partition coefficient (Wildman–Crippen LogP) is 1.73. The maximum Gasteiger partial charge on any atom is 0.243 e. The number of nitrogens with two attached hydrogens (primary N) is 1. The second-order valence-corrected chi connectivity index (χ2v) is 6.72. The van der Waals surface area contributed by atoms with Crippen molar-refractivity contribution in [2.24, 2.45) is 0 Å². The molecular weight excluding hydrogens is 293 g/mol. The Labute approximate surface area is 126 Å². The molecule has 7 heteroatoms. The number of rotatable bonds is 8. The van der Waals surface area contributed by atoms with Crippen LogP contribution in [-0.2, 0) is 10.0 Å². The van der Waals surface area contributed by atoms with Gasteiger partial charge in [0, 0.05) is 18.8 Å². The Morgan fingerprint density at radius 1 is 1.29 bits per heavy atom. The van der Waals surface area contributed by atoms with Gasteiger partial charge in [-0.25, -0.2) is 17.5 Å². The van der Waals surface area contributed by atoms with Crippen molar-refractivity contribution in [3.05, 3.63) is 23.5 Å². The lowest BCUT2D eigenvalue weighted by Gasteiger charge is -2.19. The van der Waals surface area contributed by atoms with Crippen molar-refractivity contribution in [2.45, 2.75) is 32.1 Å². The number of anilines is 1. The van der Waals surface area contributed by atoms with E-state index in [-0.39, 0.29) is 17.8 Å². The zero-order chi connectivity index (χ0) is 16.0. The summed E-state index contributed by atoms with van der Waals surface area (Å²) in [6.07, 6.45) is 1.00. The van der Waals surface area contributed by atoms with E-state index in [0.717, 1.165) is 25.6 Å². The molecule has 1 aromatic rings. The van der Waals surface area contributed by atoms with Gasteiger partial charge in [-0.1, -0.05) is 13.8 Å². The highest BCUT2D eigenvalue weighted by atomic mass is 32.2. The van der Waals surface area contributed by atoms with E-state index in [1.165, 1.54) is 13.0 Å². The van der Waals surface area contributed by atoms with Gasteiger partial charge in [-0.3, -0.25) is 0 Å². The Hall–Kier alpha value is -1.18. The van der Waals surface area contributed by atoms with Gasteiger partial charge in [-0.05, 0) is 44.1 Å². The van der Waals surface area contributed by atoms with Crippen LogP contribution in [0.1, 0.15) is 25.8 Å². The minimum atomic E-state index is -3.89. The summed E-state index contributed by atoms with van der Waals surface area (Å²) in [5.74, 6) is -0.752. The van der Waals surface area contributed by atoms with Crippen molar-refractivity contribution < 1.29 is 12.8 Å². The van der Waals surface area contributed by atoms with Crippen LogP contribution in [0.25, 0.3) is 0 Å². The van der Waals surface area contributed by atoms with Gasteiger partial charge in [0.2, 0.25) is 10.0 Å². The summed E-state index contributed by atoms with van der Waals surface area (Å²) >= 11 is 0. The van der Waals surface area contributed by atoms with E-state index in [4.69, 9.17) is 5.73 Å². The maximum atomic E-state index is 14.0. The molecule has 0 amide bonds. The van der Waals surface area contributed by atoms with E-state index < -0.39 is 20.7 Å². The molecule has 120 valence electrons. The van der Waals surface area contributed by atoms with Gasteiger partial charge in [-0.15, -0.1) is 0 Å². The number of nitrogens with one attached hydrogen (secondary N) is 1. The van der Waals surface area contributed by atoms with Crippen LogP contribution in [0.5, 0.6) is 0 Å². The molecule has 0 aliphatic rings. The third-order valence-corrected chi connectivity index (χ3v) is 4.70. The first kappa shape index (κ1) is 17.9. The number of nitrogen functional groups attached to an aromatic ring is 1. The lowest BCUT2D eigenvalue weighted by atomic mass is 10.2. The van der Waals surface area contributed by atoms with Gasteiger partial charge in [0.05, 0.1) is 0 Å². The molecule has 0 heterocycles. The van der Waals surface area contributed by atoms with E-state index >= 15 is 0 Å². The molecule has 0 aliphatic heterocycles. The largest absolute Gasteiger partial charge is 0.399 e. The third-order valence-electron chi connectivity index (χ3n) is 3.24. The van der Waals surface area contributed by atoms with Gasteiger partial charge in [0.25, 0.3) is 0 Å². The second-order valence-electron chi connectivity index (χ2n) is 4.98. The summed E-state index contributed by atoms with van der Waals surface area (Å²) < 4.78 is 40.7. The van der Waals surface area contributed by atoms with E-state index in [1.807, 2.05) is 6.92 Å². The molecule has 0 atom stereocenters. The Bertz CT molecular complexity index is 576. The highest BCUT2D eigenvalue weighted by Gasteiger charge is 2.21. The molecule has 1 rings (SSSR count). The number of aryl methyl sites for hydroxylation is 1. The minimum Gasteiger partial charge on any atom is -0.399 e. The van der Waals surface area contributed by atoms with E-state index in [9.17, 15) is 12.8 Å². The van der Waals surface area contributed by atoms with Crippen LogP contribution >= 0.6 is 0 Å². The smallest absolute Gasteiger partial charge is 0.243 e. The van der Waals surface area contributed by atoms with Crippen LogP contribution in [0.2, 0.25) is 0 Å². The number of benzene rings is 1. The van der Waals surface area contributed by atoms with Crippen LogP contribution in [0.4, 0.5) is 10.1 Å². The highest BCUT2D eigenvalue weighted by molar-refractivity contribution is 7.89. The van der Waals surface area contributed by atoms with Gasteiger partial charge < -0.3 is 10.6 Å². The Kier molecular flexibility index (Phi) is 6.57. The van der Waals surface area contributed by atoms with Crippen molar-refractivity contribution in [3.63, 3.8) is 0 Å². The van der Waals surface area contributed by atoms with Crippen LogP contribution in [0.15, 0.2) is 17.0 Å². The Balaban J connectivity index is 2.79. The van der Waals surface area contributed by atoms with Gasteiger partial charge in [0.15, 0.2) is 0 Å². The zero-order valence-corrected chi connectivity index (χ0v) is 13.6. The molecule has 5 nitrogen and oxygen atoms in total.